The molecule has 0 aromatic heterocycles. The summed E-state index contributed by atoms with van der Waals surface area (Å²) >= 11 is 0. The van der Waals surface area contributed by atoms with Gasteiger partial charge in [-0.1, -0.05) is 37.3 Å². The molecule has 2 aromatic carbocycles. The maximum atomic E-state index is 9.96. The van der Waals surface area contributed by atoms with Crippen molar-refractivity contribution in [3.05, 3.63) is 59.7 Å². The molecule has 0 amide bonds. The van der Waals surface area contributed by atoms with Gasteiger partial charge < -0.3 is 9.84 Å². The molecule has 0 aliphatic rings. The molecule has 94 valence electrons. The van der Waals surface area contributed by atoms with Crippen molar-refractivity contribution in [3.63, 3.8) is 0 Å². The Kier molecular flexibility index (Phi) is 4.00. The maximum absolute atomic E-state index is 9.96. The van der Waals surface area contributed by atoms with E-state index in [1.807, 2.05) is 62.4 Å². The standard InChI is InChI=1S/C16H18O2/c1-3-15(17)14-9-4-5-10-16(14)18-13-8-6-7-12(2)11-13/h4-11,15,17H,3H2,1-2H3/t15-/m1/s1. The van der Waals surface area contributed by atoms with Gasteiger partial charge in [-0.05, 0) is 37.1 Å². The lowest BCUT2D eigenvalue weighted by Gasteiger charge is -2.14. The van der Waals surface area contributed by atoms with Crippen LogP contribution in [0.2, 0.25) is 0 Å². The molecule has 1 N–H and O–H groups in total. The van der Waals surface area contributed by atoms with Crippen LogP contribution in [-0.4, -0.2) is 5.11 Å². The van der Waals surface area contributed by atoms with E-state index in [1.54, 1.807) is 0 Å². The molecular formula is C16H18O2. The molecule has 0 aliphatic heterocycles. The van der Waals surface area contributed by atoms with Gasteiger partial charge in [0.2, 0.25) is 0 Å². The highest BCUT2D eigenvalue weighted by Gasteiger charge is 2.11. The number of aryl methyl sites for hydroxylation is 1. The molecule has 0 spiro atoms. The normalized spacial score (nSPS) is 12.2. The van der Waals surface area contributed by atoms with Gasteiger partial charge in [0.25, 0.3) is 0 Å². The lowest BCUT2D eigenvalue weighted by Crippen LogP contribution is -1.98. The summed E-state index contributed by atoms with van der Waals surface area (Å²) in [5.74, 6) is 1.52. The predicted molar refractivity (Wildman–Crippen MR) is 72.9 cm³/mol. The highest BCUT2D eigenvalue weighted by atomic mass is 16.5. The van der Waals surface area contributed by atoms with Crippen molar-refractivity contribution in [3.8, 4) is 11.5 Å². The number of aliphatic hydroxyl groups is 1. The van der Waals surface area contributed by atoms with Gasteiger partial charge >= 0.3 is 0 Å². The summed E-state index contributed by atoms with van der Waals surface area (Å²) in [7, 11) is 0. The summed E-state index contributed by atoms with van der Waals surface area (Å²) < 4.78 is 5.85. The molecular weight excluding hydrogens is 224 g/mol. The molecule has 2 heteroatoms. The minimum Gasteiger partial charge on any atom is -0.457 e. The van der Waals surface area contributed by atoms with Crippen LogP contribution in [0, 0.1) is 6.92 Å². The van der Waals surface area contributed by atoms with E-state index in [-0.39, 0.29) is 0 Å². The van der Waals surface area contributed by atoms with Crippen molar-refractivity contribution >= 4 is 0 Å². The van der Waals surface area contributed by atoms with Crippen LogP contribution in [0.15, 0.2) is 48.5 Å². The van der Waals surface area contributed by atoms with E-state index in [2.05, 4.69) is 0 Å². The molecule has 0 heterocycles. The van der Waals surface area contributed by atoms with Crippen molar-refractivity contribution in [2.24, 2.45) is 0 Å². The maximum Gasteiger partial charge on any atom is 0.133 e. The summed E-state index contributed by atoms with van der Waals surface area (Å²) in [6.45, 7) is 3.98. The van der Waals surface area contributed by atoms with Crippen LogP contribution in [-0.2, 0) is 0 Å². The predicted octanol–water partition coefficient (Wildman–Crippen LogP) is 4.23. The molecule has 0 unspecified atom stereocenters. The highest BCUT2D eigenvalue weighted by molar-refractivity contribution is 5.39. The first-order valence-electron chi connectivity index (χ1n) is 6.22. The van der Waals surface area contributed by atoms with Crippen LogP contribution in [0.4, 0.5) is 0 Å². The average Bonchev–Trinajstić information content (AvgIpc) is 2.38. The fourth-order valence-electron chi connectivity index (χ4n) is 1.87. The second-order valence-electron chi connectivity index (χ2n) is 4.38. The fourth-order valence-corrected chi connectivity index (χ4v) is 1.87. The van der Waals surface area contributed by atoms with Gasteiger partial charge in [0.15, 0.2) is 0 Å². The van der Waals surface area contributed by atoms with E-state index in [9.17, 15) is 5.11 Å². The quantitative estimate of drug-likeness (QED) is 0.869. The van der Waals surface area contributed by atoms with Gasteiger partial charge in [-0.15, -0.1) is 0 Å². The lowest BCUT2D eigenvalue weighted by atomic mass is 10.1. The second kappa shape index (κ2) is 5.69. The van der Waals surface area contributed by atoms with Gasteiger partial charge in [-0.3, -0.25) is 0 Å². The third kappa shape index (κ3) is 2.90. The Hall–Kier alpha value is -1.80. The molecule has 2 nitrogen and oxygen atoms in total. The minimum absolute atomic E-state index is 0.481. The first kappa shape index (κ1) is 12.7. The zero-order valence-electron chi connectivity index (χ0n) is 10.8. The smallest absolute Gasteiger partial charge is 0.133 e. The molecule has 0 fully saturated rings. The molecule has 0 aliphatic carbocycles. The number of hydrogen-bond acceptors (Lipinski definition) is 2. The van der Waals surface area contributed by atoms with Crippen molar-refractivity contribution in [2.45, 2.75) is 26.4 Å². The minimum atomic E-state index is -0.481. The Morgan fingerprint density at radius 3 is 2.61 bits per heavy atom. The van der Waals surface area contributed by atoms with Gasteiger partial charge in [0.1, 0.15) is 11.5 Å². The van der Waals surface area contributed by atoms with Crippen LogP contribution in [0.5, 0.6) is 11.5 Å². The van der Waals surface area contributed by atoms with Crippen LogP contribution < -0.4 is 4.74 Å². The monoisotopic (exact) mass is 242 g/mol. The summed E-state index contributed by atoms with van der Waals surface area (Å²) in [5, 5.41) is 9.96. The van der Waals surface area contributed by atoms with E-state index >= 15 is 0 Å². The Balaban J connectivity index is 2.29. The summed E-state index contributed by atoms with van der Waals surface area (Å²) in [5.41, 5.74) is 1.99. The first-order chi connectivity index (χ1) is 8.70. The number of hydrogen-bond donors (Lipinski definition) is 1. The molecule has 0 bridgehead atoms. The Labute approximate surface area is 108 Å². The van der Waals surface area contributed by atoms with Gasteiger partial charge in [0, 0.05) is 5.56 Å². The lowest BCUT2D eigenvalue weighted by molar-refractivity contribution is 0.170. The Morgan fingerprint density at radius 2 is 1.89 bits per heavy atom. The van der Waals surface area contributed by atoms with E-state index in [4.69, 9.17) is 4.74 Å². The topological polar surface area (TPSA) is 29.5 Å². The van der Waals surface area contributed by atoms with Gasteiger partial charge in [-0.2, -0.15) is 0 Å². The van der Waals surface area contributed by atoms with Crippen molar-refractivity contribution in [1.29, 1.82) is 0 Å². The summed E-state index contributed by atoms with van der Waals surface area (Å²) in [4.78, 5) is 0. The molecule has 0 radical (unpaired) electrons. The SMILES string of the molecule is CC[C@@H](O)c1ccccc1Oc1cccc(C)c1. The number of aliphatic hydroxyl groups excluding tert-OH is 1. The molecule has 1 atom stereocenters. The van der Waals surface area contributed by atoms with Crippen LogP contribution in [0.25, 0.3) is 0 Å². The number of ether oxygens (including phenoxy) is 1. The van der Waals surface area contributed by atoms with E-state index in [0.29, 0.717) is 6.42 Å². The van der Waals surface area contributed by atoms with Crippen LogP contribution in [0.1, 0.15) is 30.6 Å². The van der Waals surface area contributed by atoms with E-state index < -0.39 is 6.10 Å². The summed E-state index contributed by atoms with van der Waals surface area (Å²) in [6, 6.07) is 15.5. The van der Waals surface area contributed by atoms with Gasteiger partial charge in [-0.25, -0.2) is 0 Å². The third-order valence-corrected chi connectivity index (χ3v) is 2.88. The van der Waals surface area contributed by atoms with Crippen molar-refractivity contribution in [2.75, 3.05) is 0 Å². The second-order valence-corrected chi connectivity index (χ2v) is 4.38. The zero-order chi connectivity index (χ0) is 13.0. The highest BCUT2D eigenvalue weighted by Crippen LogP contribution is 2.31. The molecule has 0 saturated heterocycles. The van der Waals surface area contributed by atoms with Gasteiger partial charge in [0.05, 0.1) is 6.10 Å². The van der Waals surface area contributed by atoms with E-state index in [0.717, 1.165) is 22.6 Å². The molecule has 2 aromatic rings. The molecule has 0 saturated carbocycles. The number of rotatable bonds is 4. The molecule has 18 heavy (non-hydrogen) atoms. The van der Waals surface area contributed by atoms with E-state index in [1.165, 1.54) is 0 Å². The van der Waals surface area contributed by atoms with Crippen molar-refractivity contribution < 1.29 is 9.84 Å². The van der Waals surface area contributed by atoms with Crippen LogP contribution >= 0.6 is 0 Å². The first-order valence-corrected chi connectivity index (χ1v) is 6.22. The Bertz CT molecular complexity index is 520. The fraction of sp³-hybridized carbons (Fsp3) is 0.250. The zero-order valence-corrected chi connectivity index (χ0v) is 10.8. The average molecular weight is 242 g/mol. The number of benzene rings is 2. The largest absolute Gasteiger partial charge is 0.457 e. The number of para-hydroxylation sites is 1. The Morgan fingerprint density at radius 1 is 1.11 bits per heavy atom. The van der Waals surface area contributed by atoms with Crippen LogP contribution in [0.3, 0.4) is 0 Å². The summed E-state index contributed by atoms with van der Waals surface area (Å²) in [6.07, 6.45) is 0.194. The third-order valence-electron chi connectivity index (χ3n) is 2.88. The molecule has 2 rings (SSSR count). The van der Waals surface area contributed by atoms with Crippen molar-refractivity contribution in [1.82, 2.24) is 0 Å².